The molecule has 1 fully saturated rings. The average Bonchev–Trinajstić information content (AvgIpc) is 3.17. The maximum Gasteiger partial charge on any atom is 0.241 e. The fourth-order valence-electron chi connectivity index (χ4n) is 3.45. The Hall–Kier alpha value is -2.73. The Balaban J connectivity index is 1.74. The summed E-state index contributed by atoms with van der Waals surface area (Å²) in [4.78, 5) is 31.4. The summed E-state index contributed by atoms with van der Waals surface area (Å²) in [6.07, 6.45) is 5.09. The van der Waals surface area contributed by atoms with Crippen LogP contribution in [0.15, 0.2) is 54.9 Å². The van der Waals surface area contributed by atoms with Crippen LogP contribution in [0.5, 0.6) is 0 Å². The second-order valence-corrected chi connectivity index (χ2v) is 6.40. The van der Waals surface area contributed by atoms with Crippen LogP contribution < -0.4 is 10.6 Å². The smallest absolute Gasteiger partial charge is 0.241 e. The number of likely N-dealkylation sites (tertiary alicyclic amines) is 1. The fourth-order valence-corrected chi connectivity index (χ4v) is 3.45. The minimum absolute atomic E-state index is 0.0452. The van der Waals surface area contributed by atoms with E-state index < -0.39 is 6.04 Å². The van der Waals surface area contributed by atoms with Crippen molar-refractivity contribution in [3.8, 4) is 0 Å². The van der Waals surface area contributed by atoms with Crippen molar-refractivity contribution in [1.29, 1.82) is 0 Å². The number of nitrogens with zero attached hydrogens (tertiary/aromatic N) is 2. The summed E-state index contributed by atoms with van der Waals surface area (Å²) >= 11 is 0. The Kier molecular flexibility index (Phi) is 5.96. The molecule has 0 aliphatic carbocycles. The first-order valence-electron chi connectivity index (χ1n) is 8.89. The van der Waals surface area contributed by atoms with Gasteiger partial charge in [-0.1, -0.05) is 36.4 Å². The van der Waals surface area contributed by atoms with Gasteiger partial charge in [0.2, 0.25) is 11.8 Å². The summed E-state index contributed by atoms with van der Waals surface area (Å²) in [6, 6.07) is 12.6. The summed E-state index contributed by atoms with van der Waals surface area (Å²) < 4.78 is 0. The predicted octanol–water partition coefficient (Wildman–Crippen LogP) is 1.65. The van der Waals surface area contributed by atoms with E-state index in [1.165, 1.54) is 0 Å². The van der Waals surface area contributed by atoms with Crippen LogP contribution >= 0.6 is 0 Å². The number of pyridine rings is 1. The van der Waals surface area contributed by atoms with Gasteiger partial charge in [-0.05, 0) is 30.0 Å². The van der Waals surface area contributed by atoms with Gasteiger partial charge in [-0.25, -0.2) is 0 Å². The molecule has 0 spiro atoms. The van der Waals surface area contributed by atoms with Gasteiger partial charge in [-0.15, -0.1) is 0 Å². The molecule has 1 aromatic heterocycles. The number of hydrogen-bond acceptors (Lipinski definition) is 4. The van der Waals surface area contributed by atoms with Gasteiger partial charge in [0.25, 0.3) is 0 Å². The third-order valence-corrected chi connectivity index (χ3v) is 4.73. The quantitative estimate of drug-likeness (QED) is 0.829. The van der Waals surface area contributed by atoms with E-state index in [1.807, 2.05) is 47.4 Å². The Morgan fingerprint density at radius 1 is 1.23 bits per heavy atom. The molecule has 1 aliphatic heterocycles. The number of likely N-dealkylation sites (N-methyl/N-ethyl adjacent to an activating group) is 1. The van der Waals surface area contributed by atoms with Gasteiger partial charge in [-0.3, -0.25) is 19.5 Å². The zero-order valence-corrected chi connectivity index (χ0v) is 14.9. The first-order chi connectivity index (χ1) is 12.7. The number of hydrogen-bond donors (Lipinski definition) is 2. The maximum absolute atomic E-state index is 12.8. The van der Waals surface area contributed by atoms with Crippen LogP contribution in [0.4, 0.5) is 0 Å². The molecule has 0 radical (unpaired) electrons. The van der Waals surface area contributed by atoms with Crippen molar-refractivity contribution in [2.24, 2.45) is 0 Å². The molecular formula is C20H24N4O2. The fraction of sp³-hybridized carbons (Fsp3) is 0.350. The Morgan fingerprint density at radius 2 is 2.04 bits per heavy atom. The Bertz CT molecular complexity index is 736. The SMILES string of the molecule is CNC(=O)[C@@H](c1ccccc1)N1CCC[C@H]1C(=O)NCc1cccnc1. The van der Waals surface area contributed by atoms with Crippen molar-refractivity contribution in [1.82, 2.24) is 20.5 Å². The van der Waals surface area contributed by atoms with E-state index in [2.05, 4.69) is 15.6 Å². The molecule has 2 atom stereocenters. The topological polar surface area (TPSA) is 74.3 Å². The second-order valence-electron chi connectivity index (χ2n) is 6.40. The zero-order chi connectivity index (χ0) is 18.4. The Morgan fingerprint density at radius 3 is 2.73 bits per heavy atom. The molecular weight excluding hydrogens is 328 g/mol. The van der Waals surface area contributed by atoms with Crippen molar-refractivity contribution in [3.05, 3.63) is 66.0 Å². The predicted molar refractivity (Wildman–Crippen MR) is 99.1 cm³/mol. The second kappa shape index (κ2) is 8.58. The molecule has 2 heterocycles. The lowest BCUT2D eigenvalue weighted by molar-refractivity contribution is -0.131. The number of carbonyl (C=O) groups is 2. The van der Waals surface area contributed by atoms with E-state index >= 15 is 0 Å². The molecule has 136 valence electrons. The van der Waals surface area contributed by atoms with E-state index in [0.29, 0.717) is 6.54 Å². The highest BCUT2D eigenvalue weighted by Crippen LogP contribution is 2.30. The van der Waals surface area contributed by atoms with Crippen molar-refractivity contribution in [2.45, 2.75) is 31.5 Å². The number of aromatic nitrogens is 1. The van der Waals surface area contributed by atoms with Gasteiger partial charge in [-0.2, -0.15) is 0 Å². The monoisotopic (exact) mass is 352 g/mol. The van der Waals surface area contributed by atoms with Gasteiger partial charge < -0.3 is 10.6 Å². The number of amides is 2. The summed E-state index contributed by atoms with van der Waals surface area (Å²) in [5.41, 5.74) is 1.86. The highest BCUT2D eigenvalue weighted by Gasteiger charge is 2.38. The van der Waals surface area contributed by atoms with Crippen LogP contribution in [-0.2, 0) is 16.1 Å². The molecule has 3 rings (SSSR count). The van der Waals surface area contributed by atoms with E-state index in [9.17, 15) is 9.59 Å². The van der Waals surface area contributed by atoms with Gasteiger partial charge in [0.1, 0.15) is 6.04 Å². The largest absolute Gasteiger partial charge is 0.358 e. The molecule has 2 aromatic rings. The molecule has 6 heteroatoms. The van der Waals surface area contributed by atoms with Crippen LogP contribution in [-0.4, -0.2) is 41.3 Å². The van der Waals surface area contributed by atoms with Crippen molar-refractivity contribution >= 4 is 11.8 Å². The van der Waals surface area contributed by atoms with Crippen molar-refractivity contribution < 1.29 is 9.59 Å². The van der Waals surface area contributed by atoms with Crippen LogP contribution in [0, 0.1) is 0 Å². The maximum atomic E-state index is 12.8. The van der Waals surface area contributed by atoms with E-state index in [-0.39, 0.29) is 17.9 Å². The first kappa shape index (κ1) is 18.1. The Labute approximate surface area is 153 Å². The molecule has 6 nitrogen and oxygen atoms in total. The molecule has 2 amide bonds. The molecule has 0 unspecified atom stereocenters. The molecule has 1 aromatic carbocycles. The third-order valence-electron chi connectivity index (χ3n) is 4.73. The van der Waals surface area contributed by atoms with E-state index in [4.69, 9.17) is 0 Å². The number of benzene rings is 1. The van der Waals surface area contributed by atoms with Gasteiger partial charge in [0.05, 0.1) is 6.04 Å². The minimum Gasteiger partial charge on any atom is -0.358 e. The standard InChI is InChI=1S/C20H24N4O2/c1-21-20(26)18(16-8-3-2-4-9-16)24-12-6-10-17(24)19(25)23-14-15-7-5-11-22-13-15/h2-5,7-9,11,13,17-18H,6,10,12,14H2,1H3,(H,21,26)(H,23,25)/t17-,18+/m0/s1. The minimum atomic E-state index is -0.460. The van der Waals surface area contributed by atoms with Crippen LogP contribution in [0.2, 0.25) is 0 Å². The summed E-state index contributed by atoms with van der Waals surface area (Å²) in [7, 11) is 1.63. The highest BCUT2D eigenvalue weighted by atomic mass is 16.2. The van der Waals surface area contributed by atoms with Crippen molar-refractivity contribution in [2.75, 3.05) is 13.6 Å². The van der Waals surface area contributed by atoms with Gasteiger partial charge in [0, 0.05) is 32.5 Å². The molecule has 1 saturated heterocycles. The number of nitrogens with one attached hydrogen (secondary N) is 2. The van der Waals surface area contributed by atoms with Gasteiger partial charge >= 0.3 is 0 Å². The molecule has 1 aliphatic rings. The van der Waals surface area contributed by atoms with Crippen molar-refractivity contribution in [3.63, 3.8) is 0 Å². The first-order valence-corrected chi connectivity index (χ1v) is 8.89. The third kappa shape index (κ3) is 4.08. The van der Waals surface area contributed by atoms with E-state index in [0.717, 1.165) is 30.5 Å². The lowest BCUT2D eigenvalue weighted by Gasteiger charge is -2.31. The van der Waals surface area contributed by atoms with Crippen LogP contribution in [0.25, 0.3) is 0 Å². The van der Waals surface area contributed by atoms with E-state index in [1.54, 1.807) is 19.4 Å². The summed E-state index contributed by atoms with van der Waals surface area (Å²) in [5.74, 6) is -0.139. The zero-order valence-electron chi connectivity index (χ0n) is 14.9. The highest BCUT2D eigenvalue weighted by molar-refractivity contribution is 5.86. The lowest BCUT2D eigenvalue weighted by atomic mass is 10.0. The summed E-state index contributed by atoms with van der Waals surface area (Å²) in [6.45, 7) is 1.16. The van der Waals surface area contributed by atoms with Crippen LogP contribution in [0.3, 0.4) is 0 Å². The molecule has 0 bridgehead atoms. The average molecular weight is 352 g/mol. The summed E-state index contributed by atoms with van der Waals surface area (Å²) in [5, 5.41) is 5.72. The number of rotatable bonds is 6. The normalized spacial score (nSPS) is 18.3. The van der Waals surface area contributed by atoms with Crippen LogP contribution in [0.1, 0.15) is 30.0 Å². The molecule has 26 heavy (non-hydrogen) atoms. The molecule has 0 saturated carbocycles. The van der Waals surface area contributed by atoms with Gasteiger partial charge in [0.15, 0.2) is 0 Å². The number of carbonyl (C=O) groups excluding carboxylic acids is 2. The lowest BCUT2D eigenvalue weighted by Crippen LogP contribution is -2.48. The molecule has 2 N–H and O–H groups in total.